The van der Waals surface area contributed by atoms with Crippen LogP contribution in [0.5, 0.6) is 0 Å². The van der Waals surface area contributed by atoms with E-state index in [1.54, 1.807) is 45.9 Å². The Hall–Kier alpha value is -9.32. The van der Waals surface area contributed by atoms with Crippen molar-refractivity contribution in [3.63, 3.8) is 0 Å². The highest BCUT2D eigenvalue weighted by Crippen LogP contribution is 2.35. The maximum Gasteiger partial charge on any atom is 0.434 e. The number of hydrogen-bond donors (Lipinski definition) is 8. The number of alkyl carbamates (subject to hydrolysis) is 3. The molecule has 4 aromatic carbocycles. The van der Waals surface area contributed by atoms with Crippen LogP contribution < -0.4 is 21.3 Å². The van der Waals surface area contributed by atoms with Crippen molar-refractivity contribution in [1.29, 1.82) is 0 Å². The molecule has 2 fully saturated rings. The number of nitrogens with one attached hydrogen (secondary N) is 4. The highest BCUT2D eigenvalue weighted by molar-refractivity contribution is 5.85. The Labute approximate surface area is 627 Å². The topological polar surface area (TPSA) is 370 Å². The zero-order chi connectivity index (χ0) is 78.3. The van der Waals surface area contributed by atoms with Crippen LogP contribution in [-0.4, -0.2) is 133 Å². The number of amides is 4. The van der Waals surface area contributed by atoms with Gasteiger partial charge in [-0.2, -0.15) is 9.98 Å². The standard InChI is InChI=1S/C55H77N5O12.C14H16N2O2.C6H11NO.C3H8O3.2CH4/c1-50(2,32-44(61)67-13)36-21-18-23-38(29-36)53(7,8)57-47(64)70-35-43(71-48(65)58-54(9,10)41-26-20-25-40(31-41)52(5,6)56-46(63)68-14)34-69-45(62)33-51(3,4)37-22-19-24-39(30-37)55(11,12)59-49(66)72-60-42-27-16-15-17-28-42;1-13(2,15-9-17)11-6-5-7-12(8-11)14(3,4)16-10-18;8-7-6-4-2-1-3-5-6;4-1-3(6)2-5;;/h18-26,29-31,43H,15-17,27-28,32-35H2,1-14H3,(H,56,63)(H,57,64)(H,58,65)(H,59,66);5-8H,1-4H3;8H,1-5H2;3-6H,1-2H2;2*1H4. The largest absolute Gasteiger partial charge is 0.469 e. The first-order valence-electron chi connectivity index (χ1n) is 34.8. The van der Waals surface area contributed by atoms with E-state index < -0.39 is 99.8 Å². The van der Waals surface area contributed by atoms with E-state index in [0.717, 1.165) is 95.3 Å². The molecule has 0 aromatic heterocycles. The summed E-state index contributed by atoms with van der Waals surface area (Å²) in [6, 6.07) is 29.9. The number of aliphatic hydroxyl groups is 3. The maximum absolute atomic E-state index is 13.7. The minimum absolute atomic E-state index is 0. The number of hydrogen-bond acceptors (Lipinski definition) is 22. The Morgan fingerprint density at radius 3 is 1.16 bits per heavy atom. The van der Waals surface area contributed by atoms with Crippen LogP contribution in [0.1, 0.15) is 247 Å². The smallest absolute Gasteiger partial charge is 0.434 e. The van der Waals surface area contributed by atoms with Gasteiger partial charge >= 0.3 is 36.3 Å². The summed E-state index contributed by atoms with van der Waals surface area (Å²) in [6.45, 7) is 27.7. The number of aliphatic imine (C=N–C) groups is 2. The predicted molar refractivity (Wildman–Crippen MR) is 408 cm³/mol. The first-order valence-corrected chi connectivity index (χ1v) is 34.8. The number of ether oxygens (including phenoxy) is 5. The molecule has 0 saturated heterocycles. The van der Waals surface area contributed by atoms with E-state index in [9.17, 15) is 38.4 Å². The fourth-order valence-electron chi connectivity index (χ4n) is 11.0. The molecule has 2 aliphatic carbocycles. The molecule has 26 nitrogen and oxygen atoms in total. The van der Waals surface area contributed by atoms with E-state index in [4.69, 9.17) is 49.0 Å². The van der Waals surface area contributed by atoms with E-state index in [2.05, 4.69) is 41.6 Å². The quantitative estimate of drug-likeness (QED) is 0.00550. The average Bonchev–Trinajstić information content (AvgIpc) is 0.822. The third kappa shape index (κ3) is 31.8. The number of carbonyl (C=O) groups excluding carboxylic acids is 8. The summed E-state index contributed by atoms with van der Waals surface area (Å²) in [6.07, 6.45) is 8.59. The molecule has 588 valence electrons. The van der Waals surface area contributed by atoms with Gasteiger partial charge in [0.25, 0.3) is 0 Å². The average molecular weight is 1480 g/mol. The lowest BCUT2D eigenvalue weighted by molar-refractivity contribution is -0.148. The normalized spacial score (nSPS) is 13.5. The second-order valence-corrected chi connectivity index (χ2v) is 30.2. The van der Waals surface area contributed by atoms with Gasteiger partial charge in [0.05, 0.1) is 84.9 Å². The van der Waals surface area contributed by atoms with E-state index in [0.29, 0.717) is 5.56 Å². The first kappa shape index (κ1) is 94.7. The fraction of sp³-hybridized carbons (Fsp3) is 0.575. The zero-order valence-corrected chi connectivity index (χ0v) is 64.0. The number of nitrogens with zero attached hydrogens (tertiary/aromatic N) is 4. The molecule has 106 heavy (non-hydrogen) atoms. The molecule has 4 amide bonds. The van der Waals surface area contributed by atoms with Crippen molar-refractivity contribution >= 4 is 59.9 Å². The maximum atomic E-state index is 13.7. The molecule has 4 aromatic rings. The summed E-state index contributed by atoms with van der Waals surface area (Å²) in [5.74, 6) is -0.957. The van der Waals surface area contributed by atoms with Gasteiger partial charge < -0.3 is 65.5 Å². The van der Waals surface area contributed by atoms with Crippen LogP contribution >= 0.6 is 0 Å². The summed E-state index contributed by atoms with van der Waals surface area (Å²) >= 11 is 0. The van der Waals surface area contributed by atoms with Gasteiger partial charge in [-0.3, -0.25) is 14.4 Å². The van der Waals surface area contributed by atoms with Crippen molar-refractivity contribution < 1.29 is 87.4 Å². The third-order valence-electron chi connectivity index (χ3n) is 18.0. The van der Waals surface area contributed by atoms with Crippen molar-refractivity contribution in [2.75, 3.05) is 40.6 Å². The van der Waals surface area contributed by atoms with Crippen molar-refractivity contribution in [3.05, 3.63) is 142 Å². The number of oxime groups is 2. The van der Waals surface area contributed by atoms with Crippen LogP contribution in [0.25, 0.3) is 0 Å². The molecule has 26 heteroatoms. The van der Waals surface area contributed by atoms with Crippen molar-refractivity contribution in [1.82, 2.24) is 21.3 Å². The Kier molecular flexibility index (Phi) is 38.7. The number of esters is 2. The SMILES string of the molecule is C.C.CC(C)(N=C=O)c1cccc(C(C)(C)N=C=O)c1.COC(=O)CC(C)(C)c1cccc(C(C)(C)NC(=O)OCC(COC(=O)CC(C)(C)c2cccc(C(C)(C)NC(=O)ON=C3CCCCC3)c2)OC(=O)NC(C)(C)c2cccc(C(C)(C)NC(=O)OC)c2)c1.OCC(O)CO.ON=C1CCCCC1. The molecule has 8 N–H and O–H groups in total. The minimum Gasteiger partial charge on any atom is -0.469 e. The van der Waals surface area contributed by atoms with Gasteiger partial charge in [0.15, 0.2) is 6.10 Å². The van der Waals surface area contributed by atoms with Crippen LogP contribution in [-0.2, 0) is 91.8 Å². The number of carbonyl (C=O) groups is 6. The third-order valence-corrected chi connectivity index (χ3v) is 18.0. The van der Waals surface area contributed by atoms with Crippen LogP contribution in [0, 0.1) is 0 Å². The lowest BCUT2D eigenvalue weighted by Crippen LogP contribution is -2.46. The highest BCUT2D eigenvalue weighted by atomic mass is 16.7. The van der Waals surface area contributed by atoms with E-state index in [1.165, 1.54) is 33.5 Å². The van der Waals surface area contributed by atoms with Gasteiger partial charge in [-0.1, -0.05) is 163 Å². The number of benzene rings is 4. The number of isocyanates is 2. The van der Waals surface area contributed by atoms with Gasteiger partial charge in [0.2, 0.25) is 12.2 Å². The molecule has 6 rings (SSSR count). The second-order valence-electron chi connectivity index (χ2n) is 30.2. The van der Waals surface area contributed by atoms with Crippen LogP contribution in [0.2, 0.25) is 0 Å². The zero-order valence-electron chi connectivity index (χ0n) is 64.0. The molecule has 1 unspecified atom stereocenters. The Bertz CT molecular complexity index is 3590. The van der Waals surface area contributed by atoms with Crippen molar-refractivity contribution in [3.8, 4) is 0 Å². The molecule has 2 saturated carbocycles. The predicted octanol–water partition coefficient (Wildman–Crippen LogP) is 14.5. The number of methoxy groups -OCH3 is 2. The molecule has 0 spiro atoms. The number of aliphatic hydroxyl groups excluding tert-OH is 3. The van der Waals surface area contributed by atoms with Gasteiger partial charge in [-0.15, -0.1) is 0 Å². The van der Waals surface area contributed by atoms with E-state index in [1.807, 2.05) is 174 Å². The summed E-state index contributed by atoms with van der Waals surface area (Å²) in [7, 11) is 2.63. The summed E-state index contributed by atoms with van der Waals surface area (Å²) in [5, 5.41) is 51.0. The highest BCUT2D eigenvalue weighted by Gasteiger charge is 2.35. The minimum atomic E-state index is -1.25. The lowest BCUT2D eigenvalue weighted by atomic mass is 9.79. The van der Waals surface area contributed by atoms with Gasteiger partial charge in [0.1, 0.15) is 19.3 Å². The molecule has 0 bridgehead atoms. The van der Waals surface area contributed by atoms with Crippen molar-refractivity contribution in [2.45, 2.75) is 259 Å². The molecule has 0 heterocycles. The van der Waals surface area contributed by atoms with E-state index in [-0.39, 0.29) is 46.9 Å². The van der Waals surface area contributed by atoms with Gasteiger partial charge in [-0.05, 0) is 179 Å². The summed E-state index contributed by atoms with van der Waals surface area (Å²) < 4.78 is 27.0. The monoisotopic (exact) mass is 1480 g/mol. The molecular weight excluding hydrogens is 1360 g/mol. The number of rotatable bonds is 26. The van der Waals surface area contributed by atoms with Gasteiger partial charge in [-0.25, -0.2) is 28.8 Å². The summed E-state index contributed by atoms with van der Waals surface area (Å²) in [5.41, 5.74) is 1.92. The molecule has 0 aliphatic heterocycles. The van der Waals surface area contributed by atoms with Crippen LogP contribution in [0.4, 0.5) is 19.2 Å². The Balaban J connectivity index is 0.00000135. The van der Waals surface area contributed by atoms with Crippen LogP contribution in [0.15, 0.2) is 117 Å². The Morgan fingerprint density at radius 2 is 0.792 bits per heavy atom. The fourth-order valence-corrected chi connectivity index (χ4v) is 11.0. The molecule has 1 atom stereocenters. The van der Waals surface area contributed by atoms with E-state index >= 15 is 0 Å². The van der Waals surface area contributed by atoms with Gasteiger partial charge in [0, 0.05) is 10.8 Å². The molecule has 0 radical (unpaired) electrons. The first-order chi connectivity index (χ1) is 48.6. The summed E-state index contributed by atoms with van der Waals surface area (Å²) in [4.78, 5) is 112. The molecule has 2 aliphatic rings. The Morgan fingerprint density at radius 1 is 0.453 bits per heavy atom. The van der Waals surface area contributed by atoms with Crippen molar-refractivity contribution in [2.24, 2.45) is 20.3 Å². The van der Waals surface area contributed by atoms with Crippen LogP contribution in [0.3, 0.4) is 0 Å². The lowest BCUT2D eigenvalue weighted by Gasteiger charge is -2.31. The second kappa shape index (κ2) is 43.3. The molecular formula is C80H120N8O18.